The summed E-state index contributed by atoms with van der Waals surface area (Å²) in [4.78, 5) is 2.43. The van der Waals surface area contributed by atoms with Gasteiger partial charge in [0.15, 0.2) is 5.82 Å². The molecular weight excluding hydrogens is 262 g/mol. The summed E-state index contributed by atoms with van der Waals surface area (Å²) in [7, 11) is 4.16. The molecule has 0 spiro atoms. The van der Waals surface area contributed by atoms with Gasteiger partial charge in [-0.3, -0.25) is 0 Å². The number of nitrogens with one attached hydrogen (secondary N) is 1. The lowest BCUT2D eigenvalue weighted by Gasteiger charge is -2.35. The summed E-state index contributed by atoms with van der Waals surface area (Å²) in [6.45, 7) is 3.46. The molecule has 1 aliphatic rings. The standard InChI is InChI=1S/C16H23N5/c1-12-10-15(8-9-20(12)2)18-14-6-4-13(5-7-14)16-19-17-11-21(16)3/h4-7,11-12,15,18H,8-10H2,1-3H3. The Hall–Kier alpha value is -1.88. The van der Waals surface area contributed by atoms with Gasteiger partial charge in [-0.05, 0) is 51.1 Å². The number of benzene rings is 1. The minimum atomic E-state index is 0.567. The third-order valence-electron chi connectivity index (χ3n) is 4.43. The zero-order chi connectivity index (χ0) is 14.8. The highest BCUT2D eigenvalue weighted by molar-refractivity contribution is 5.59. The Morgan fingerprint density at radius 3 is 2.57 bits per heavy atom. The van der Waals surface area contributed by atoms with Gasteiger partial charge in [0.1, 0.15) is 6.33 Å². The predicted octanol–water partition coefficient (Wildman–Crippen LogP) is 2.38. The minimum absolute atomic E-state index is 0.567. The van der Waals surface area contributed by atoms with Crippen molar-refractivity contribution in [2.24, 2.45) is 7.05 Å². The van der Waals surface area contributed by atoms with E-state index in [1.54, 1.807) is 6.33 Å². The highest BCUT2D eigenvalue weighted by atomic mass is 15.2. The fourth-order valence-corrected chi connectivity index (χ4v) is 2.92. The van der Waals surface area contributed by atoms with Crippen molar-refractivity contribution in [1.82, 2.24) is 19.7 Å². The van der Waals surface area contributed by atoms with Gasteiger partial charge in [0.25, 0.3) is 0 Å². The summed E-state index contributed by atoms with van der Waals surface area (Å²) in [5, 5.41) is 11.7. The monoisotopic (exact) mass is 285 g/mol. The van der Waals surface area contributed by atoms with Gasteiger partial charge < -0.3 is 14.8 Å². The van der Waals surface area contributed by atoms with Crippen LogP contribution in [0.15, 0.2) is 30.6 Å². The maximum Gasteiger partial charge on any atom is 0.163 e. The van der Waals surface area contributed by atoms with Crippen LogP contribution in [0.25, 0.3) is 11.4 Å². The molecule has 2 atom stereocenters. The van der Waals surface area contributed by atoms with Crippen LogP contribution in [-0.4, -0.2) is 45.3 Å². The van der Waals surface area contributed by atoms with Gasteiger partial charge in [0, 0.05) is 36.9 Å². The molecule has 1 aromatic heterocycles. The van der Waals surface area contributed by atoms with Crippen molar-refractivity contribution in [3.63, 3.8) is 0 Å². The second kappa shape index (κ2) is 5.85. The van der Waals surface area contributed by atoms with Crippen LogP contribution in [0.4, 0.5) is 5.69 Å². The number of likely N-dealkylation sites (tertiary alicyclic amines) is 1. The molecule has 112 valence electrons. The average molecular weight is 285 g/mol. The van der Waals surface area contributed by atoms with E-state index in [0.717, 1.165) is 17.9 Å². The van der Waals surface area contributed by atoms with E-state index in [4.69, 9.17) is 0 Å². The molecule has 2 aromatic rings. The summed E-state index contributed by atoms with van der Waals surface area (Å²) in [6, 6.07) is 9.68. The van der Waals surface area contributed by atoms with Gasteiger partial charge in [-0.25, -0.2) is 0 Å². The van der Waals surface area contributed by atoms with Gasteiger partial charge in [-0.1, -0.05) is 0 Å². The fourth-order valence-electron chi connectivity index (χ4n) is 2.92. The summed E-state index contributed by atoms with van der Waals surface area (Å²) >= 11 is 0. The van der Waals surface area contributed by atoms with Crippen LogP contribution < -0.4 is 5.32 Å². The Labute approximate surface area is 126 Å². The summed E-state index contributed by atoms with van der Waals surface area (Å²) in [6.07, 6.45) is 4.12. The lowest BCUT2D eigenvalue weighted by Crippen LogP contribution is -2.42. The first-order valence-corrected chi connectivity index (χ1v) is 7.54. The molecule has 1 saturated heterocycles. The predicted molar refractivity (Wildman–Crippen MR) is 85.2 cm³/mol. The van der Waals surface area contributed by atoms with Crippen LogP contribution in [-0.2, 0) is 7.05 Å². The van der Waals surface area contributed by atoms with E-state index < -0.39 is 0 Å². The largest absolute Gasteiger partial charge is 0.382 e. The summed E-state index contributed by atoms with van der Waals surface area (Å²) in [5.74, 6) is 0.898. The van der Waals surface area contributed by atoms with Crippen LogP contribution in [0.5, 0.6) is 0 Å². The first kappa shape index (κ1) is 14.1. The molecule has 3 rings (SSSR count). The third kappa shape index (κ3) is 3.08. The van der Waals surface area contributed by atoms with Gasteiger partial charge in [-0.15, -0.1) is 10.2 Å². The van der Waals surface area contributed by atoms with Crippen molar-refractivity contribution < 1.29 is 0 Å². The molecule has 0 amide bonds. The molecule has 5 nitrogen and oxygen atoms in total. The van der Waals surface area contributed by atoms with Gasteiger partial charge in [-0.2, -0.15) is 0 Å². The molecule has 1 N–H and O–H groups in total. The molecule has 0 bridgehead atoms. The van der Waals surface area contributed by atoms with Crippen LogP contribution in [0.3, 0.4) is 0 Å². The smallest absolute Gasteiger partial charge is 0.163 e. The number of aryl methyl sites for hydroxylation is 1. The Kier molecular flexibility index (Phi) is 3.92. The first-order chi connectivity index (χ1) is 10.1. The quantitative estimate of drug-likeness (QED) is 0.940. The zero-order valence-electron chi connectivity index (χ0n) is 13.0. The minimum Gasteiger partial charge on any atom is -0.382 e. The number of anilines is 1. The van der Waals surface area contributed by atoms with E-state index in [0.29, 0.717) is 12.1 Å². The first-order valence-electron chi connectivity index (χ1n) is 7.54. The van der Waals surface area contributed by atoms with Crippen molar-refractivity contribution in [2.45, 2.75) is 31.8 Å². The van der Waals surface area contributed by atoms with Crippen molar-refractivity contribution in [1.29, 1.82) is 0 Å². The SMILES string of the molecule is CC1CC(Nc2ccc(-c3nncn3C)cc2)CCN1C. The molecule has 5 heteroatoms. The Bertz CT molecular complexity index is 589. The fraction of sp³-hybridized carbons (Fsp3) is 0.500. The van der Waals surface area contributed by atoms with Crippen molar-refractivity contribution in [3.8, 4) is 11.4 Å². The van der Waals surface area contributed by atoms with Crippen LogP contribution >= 0.6 is 0 Å². The average Bonchev–Trinajstić information content (AvgIpc) is 2.90. The summed E-state index contributed by atoms with van der Waals surface area (Å²) < 4.78 is 1.93. The number of rotatable bonds is 3. The number of aromatic nitrogens is 3. The maximum atomic E-state index is 4.14. The van der Waals surface area contributed by atoms with Crippen LogP contribution in [0, 0.1) is 0 Å². The topological polar surface area (TPSA) is 46.0 Å². The Morgan fingerprint density at radius 2 is 1.95 bits per heavy atom. The number of piperidine rings is 1. The molecule has 0 saturated carbocycles. The molecule has 2 unspecified atom stereocenters. The van der Waals surface area contributed by atoms with Gasteiger partial charge in [0.2, 0.25) is 0 Å². The molecular formula is C16H23N5. The van der Waals surface area contributed by atoms with Gasteiger partial charge in [0.05, 0.1) is 0 Å². The molecule has 1 aliphatic heterocycles. The lowest BCUT2D eigenvalue weighted by molar-refractivity contribution is 0.190. The molecule has 21 heavy (non-hydrogen) atoms. The molecule has 0 radical (unpaired) electrons. The van der Waals surface area contributed by atoms with Crippen molar-refractivity contribution >= 4 is 5.69 Å². The van der Waals surface area contributed by atoms with Crippen molar-refractivity contribution in [3.05, 3.63) is 30.6 Å². The number of hydrogen-bond donors (Lipinski definition) is 1. The van der Waals surface area contributed by atoms with E-state index in [-0.39, 0.29) is 0 Å². The van der Waals surface area contributed by atoms with Crippen molar-refractivity contribution in [2.75, 3.05) is 18.9 Å². The van der Waals surface area contributed by atoms with E-state index >= 15 is 0 Å². The molecule has 1 fully saturated rings. The second-order valence-electron chi connectivity index (χ2n) is 6.04. The summed E-state index contributed by atoms with van der Waals surface area (Å²) in [5.41, 5.74) is 2.28. The van der Waals surface area contributed by atoms with Crippen LogP contribution in [0.2, 0.25) is 0 Å². The third-order valence-corrected chi connectivity index (χ3v) is 4.43. The van der Waals surface area contributed by atoms with E-state index in [2.05, 4.69) is 58.7 Å². The highest BCUT2D eigenvalue weighted by Gasteiger charge is 2.22. The zero-order valence-corrected chi connectivity index (χ0v) is 13.0. The lowest BCUT2D eigenvalue weighted by atomic mass is 9.98. The van der Waals surface area contributed by atoms with E-state index in [1.165, 1.54) is 18.5 Å². The van der Waals surface area contributed by atoms with E-state index in [9.17, 15) is 0 Å². The van der Waals surface area contributed by atoms with Crippen LogP contribution in [0.1, 0.15) is 19.8 Å². The Morgan fingerprint density at radius 1 is 1.19 bits per heavy atom. The molecule has 1 aromatic carbocycles. The molecule has 2 heterocycles. The maximum absolute atomic E-state index is 4.14. The highest BCUT2D eigenvalue weighted by Crippen LogP contribution is 2.22. The Balaban J connectivity index is 1.66. The molecule has 0 aliphatic carbocycles. The van der Waals surface area contributed by atoms with E-state index in [1.807, 2.05) is 11.6 Å². The second-order valence-corrected chi connectivity index (χ2v) is 6.04. The van der Waals surface area contributed by atoms with Gasteiger partial charge >= 0.3 is 0 Å². The normalized spacial score (nSPS) is 23.2. The number of hydrogen-bond acceptors (Lipinski definition) is 4. The number of nitrogens with zero attached hydrogens (tertiary/aromatic N) is 4.